The molecule has 1 aliphatic rings. The van der Waals surface area contributed by atoms with Crippen LogP contribution in [0.2, 0.25) is 10.0 Å². The van der Waals surface area contributed by atoms with Crippen molar-refractivity contribution in [2.75, 3.05) is 23.7 Å². The number of carbonyl (C=O) groups excluding carboxylic acids is 2. The zero-order valence-corrected chi connectivity index (χ0v) is 22.2. The standard InChI is InChI=1S/C25H31Cl2N3O4S/c1-18(25(32)28-20-11-6-7-12-20)29(16-15-19-9-4-3-5-10-19)23(31)17-30(35(2,33)34)22-14-8-13-21(26)24(22)27/h3-5,8-10,13-14,18,20H,6-7,11-12,15-17H2,1-2H3,(H,28,32)/t18-/m0/s1. The van der Waals surface area contributed by atoms with Gasteiger partial charge in [0.1, 0.15) is 12.6 Å². The van der Waals surface area contributed by atoms with Crippen LogP contribution in [0.5, 0.6) is 0 Å². The van der Waals surface area contributed by atoms with E-state index in [1.165, 1.54) is 17.0 Å². The second-order valence-corrected chi connectivity index (χ2v) is 11.5. The van der Waals surface area contributed by atoms with Gasteiger partial charge in [-0.3, -0.25) is 13.9 Å². The number of halogens is 2. The number of carbonyl (C=O) groups is 2. The van der Waals surface area contributed by atoms with Gasteiger partial charge in [0.25, 0.3) is 0 Å². The lowest BCUT2D eigenvalue weighted by Crippen LogP contribution is -2.53. The normalized spacial score (nSPS) is 15.0. The fraction of sp³-hybridized carbons (Fsp3) is 0.440. The van der Waals surface area contributed by atoms with Gasteiger partial charge in [-0.15, -0.1) is 0 Å². The van der Waals surface area contributed by atoms with Gasteiger partial charge in [0.05, 0.1) is 22.0 Å². The maximum Gasteiger partial charge on any atom is 0.244 e. The molecule has 0 radical (unpaired) electrons. The second-order valence-electron chi connectivity index (χ2n) is 8.83. The van der Waals surface area contributed by atoms with Gasteiger partial charge >= 0.3 is 0 Å². The molecule has 2 aromatic rings. The van der Waals surface area contributed by atoms with Gasteiger partial charge in [0, 0.05) is 12.6 Å². The van der Waals surface area contributed by atoms with Gasteiger partial charge in [-0.05, 0) is 43.9 Å². The van der Waals surface area contributed by atoms with Gasteiger partial charge in [-0.25, -0.2) is 8.42 Å². The summed E-state index contributed by atoms with van der Waals surface area (Å²) < 4.78 is 26.2. The first-order valence-electron chi connectivity index (χ1n) is 11.6. The minimum Gasteiger partial charge on any atom is -0.352 e. The van der Waals surface area contributed by atoms with E-state index in [1.807, 2.05) is 30.3 Å². The molecule has 0 spiro atoms. The Balaban J connectivity index is 1.85. The van der Waals surface area contributed by atoms with E-state index in [9.17, 15) is 18.0 Å². The van der Waals surface area contributed by atoms with Crippen molar-refractivity contribution in [3.05, 3.63) is 64.1 Å². The molecule has 35 heavy (non-hydrogen) atoms. The van der Waals surface area contributed by atoms with Crippen molar-refractivity contribution in [3.63, 3.8) is 0 Å². The minimum atomic E-state index is -3.88. The van der Waals surface area contributed by atoms with E-state index in [0.717, 1.165) is 41.8 Å². The summed E-state index contributed by atoms with van der Waals surface area (Å²) in [6.07, 6.45) is 5.50. The summed E-state index contributed by atoms with van der Waals surface area (Å²) in [5, 5.41) is 3.25. The first-order chi connectivity index (χ1) is 16.6. The van der Waals surface area contributed by atoms with E-state index in [2.05, 4.69) is 5.32 Å². The highest BCUT2D eigenvalue weighted by Crippen LogP contribution is 2.33. The molecule has 2 aromatic carbocycles. The second kappa shape index (κ2) is 12.1. The molecule has 3 rings (SSSR count). The number of sulfonamides is 1. The largest absolute Gasteiger partial charge is 0.352 e. The number of anilines is 1. The molecule has 1 aliphatic carbocycles. The molecule has 0 heterocycles. The summed E-state index contributed by atoms with van der Waals surface area (Å²) in [6, 6.07) is 13.5. The van der Waals surface area contributed by atoms with Crippen LogP contribution in [-0.4, -0.2) is 56.6 Å². The molecule has 1 saturated carbocycles. The number of amides is 2. The van der Waals surface area contributed by atoms with Gasteiger partial charge in [-0.1, -0.05) is 72.4 Å². The van der Waals surface area contributed by atoms with E-state index < -0.39 is 28.5 Å². The fourth-order valence-electron chi connectivity index (χ4n) is 4.24. The summed E-state index contributed by atoms with van der Waals surface area (Å²) in [4.78, 5) is 28.0. The summed E-state index contributed by atoms with van der Waals surface area (Å²) in [5.74, 6) is -0.749. The number of nitrogens with one attached hydrogen (secondary N) is 1. The van der Waals surface area contributed by atoms with Crippen molar-refractivity contribution >= 4 is 50.7 Å². The topological polar surface area (TPSA) is 86.8 Å². The average Bonchev–Trinajstić information content (AvgIpc) is 3.32. The van der Waals surface area contributed by atoms with Gasteiger partial charge in [0.2, 0.25) is 21.8 Å². The maximum atomic E-state index is 13.5. The van der Waals surface area contributed by atoms with Crippen LogP contribution in [-0.2, 0) is 26.0 Å². The highest BCUT2D eigenvalue weighted by atomic mass is 35.5. The molecule has 2 amide bonds. The van der Waals surface area contributed by atoms with Crippen LogP contribution in [0.4, 0.5) is 5.69 Å². The zero-order valence-electron chi connectivity index (χ0n) is 19.9. The molecule has 0 aliphatic heterocycles. The van der Waals surface area contributed by atoms with Crippen LogP contribution in [0.15, 0.2) is 48.5 Å². The average molecular weight is 541 g/mol. The Hall–Kier alpha value is -2.29. The summed E-state index contributed by atoms with van der Waals surface area (Å²) in [7, 11) is -3.88. The van der Waals surface area contributed by atoms with Crippen molar-refractivity contribution in [2.45, 2.75) is 51.1 Å². The van der Waals surface area contributed by atoms with Crippen molar-refractivity contribution in [1.29, 1.82) is 0 Å². The first-order valence-corrected chi connectivity index (χ1v) is 14.2. The highest BCUT2D eigenvalue weighted by Gasteiger charge is 2.31. The van der Waals surface area contributed by atoms with Crippen LogP contribution in [0.25, 0.3) is 0 Å². The first kappa shape index (κ1) is 27.3. The van der Waals surface area contributed by atoms with E-state index in [-0.39, 0.29) is 34.2 Å². The lowest BCUT2D eigenvalue weighted by Gasteiger charge is -2.32. The van der Waals surface area contributed by atoms with Gasteiger partial charge in [0.15, 0.2) is 0 Å². The van der Waals surface area contributed by atoms with E-state index in [0.29, 0.717) is 6.42 Å². The van der Waals surface area contributed by atoms with Crippen molar-refractivity contribution < 1.29 is 18.0 Å². The van der Waals surface area contributed by atoms with Crippen LogP contribution in [0.3, 0.4) is 0 Å². The number of rotatable bonds is 10. The van der Waals surface area contributed by atoms with E-state index in [4.69, 9.17) is 23.2 Å². The predicted octanol–water partition coefficient (Wildman–Crippen LogP) is 4.28. The molecule has 0 bridgehead atoms. The lowest BCUT2D eigenvalue weighted by molar-refractivity contribution is -0.139. The Kier molecular flexibility index (Phi) is 9.44. The third-order valence-corrected chi connectivity index (χ3v) is 8.17. The molecule has 0 unspecified atom stereocenters. The molecule has 0 aromatic heterocycles. The third-order valence-electron chi connectivity index (χ3n) is 6.23. The fourth-order valence-corrected chi connectivity index (χ4v) is 5.54. The van der Waals surface area contributed by atoms with Crippen LogP contribution < -0.4 is 9.62 Å². The van der Waals surface area contributed by atoms with Crippen molar-refractivity contribution in [1.82, 2.24) is 10.2 Å². The Morgan fingerprint density at radius 3 is 2.34 bits per heavy atom. The van der Waals surface area contributed by atoms with Crippen molar-refractivity contribution in [3.8, 4) is 0 Å². The molecule has 1 fully saturated rings. The zero-order chi connectivity index (χ0) is 25.6. The maximum absolute atomic E-state index is 13.5. The van der Waals surface area contributed by atoms with Crippen LogP contribution in [0.1, 0.15) is 38.2 Å². The lowest BCUT2D eigenvalue weighted by atomic mass is 10.1. The van der Waals surface area contributed by atoms with E-state index >= 15 is 0 Å². The Labute approximate surface area is 217 Å². The molecule has 7 nitrogen and oxygen atoms in total. The Morgan fingerprint density at radius 1 is 1.06 bits per heavy atom. The number of nitrogens with zero attached hydrogens (tertiary/aromatic N) is 2. The molecule has 0 saturated heterocycles. The minimum absolute atomic E-state index is 0.0373. The predicted molar refractivity (Wildman–Crippen MR) is 140 cm³/mol. The number of hydrogen-bond donors (Lipinski definition) is 1. The monoisotopic (exact) mass is 539 g/mol. The SMILES string of the molecule is C[C@@H](C(=O)NC1CCCC1)N(CCc1ccccc1)C(=O)CN(c1cccc(Cl)c1Cl)S(C)(=O)=O. The summed E-state index contributed by atoms with van der Waals surface area (Å²) >= 11 is 12.4. The molecule has 1 atom stereocenters. The quantitative estimate of drug-likeness (QED) is 0.488. The Bertz CT molecular complexity index is 1140. The highest BCUT2D eigenvalue weighted by molar-refractivity contribution is 7.92. The van der Waals surface area contributed by atoms with E-state index in [1.54, 1.807) is 13.0 Å². The van der Waals surface area contributed by atoms with Crippen molar-refractivity contribution in [2.24, 2.45) is 0 Å². The molecule has 10 heteroatoms. The van der Waals surface area contributed by atoms with Gasteiger partial charge in [-0.2, -0.15) is 0 Å². The molecular weight excluding hydrogens is 509 g/mol. The smallest absolute Gasteiger partial charge is 0.244 e. The Morgan fingerprint density at radius 2 is 1.71 bits per heavy atom. The number of benzene rings is 2. The molecule has 1 N–H and O–H groups in total. The summed E-state index contributed by atoms with van der Waals surface area (Å²) in [5.41, 5.74) is 1.12. The van der Waals surface area contributed by atoms with Gasteiger partial charge < -0.3 is 10.2 Å². The van der Waals surface area contributed by atoms with Crippen LogP contribution in [0, 0.1) is 0 Å². The summed E-state index contributed by atoms with van der Waals surface area (Å²) in [6.45, 7) is 1.42. The molecular formula is C25H31Cl2N3O4S. The number of hydrogen-bond acceptors (Lipinski definition) is 4. The third kappa shape index (κ3) is 7.35. The molecule has 190 valence electrons. The van der Waals surface area contributed by atoms with Crippen LogP contribution >= 0.6 is 23.2 Å².